The second kappa shape index (κ2) is 66.6. The second-order valence-corrected chi connectivity index (χ2v) is 23.1. The quantitative estimate of drug-likeness (QED) is 0.0261. The number of carbonyl (C=O) groups is 3. The third-order valence-electron chi connectivity index (χ3n) is 15.3. The number of esters is 3. The van der Waals surface area contributed by atoms with Crippen LogP contribution in [-0.4, -0.2) is 37.2 Å². The van der Waals surface area contributed by atoms with Gasteiger partial charge in [0.15, 0.2) is 6.10 Å². The van der Waals surface area contributed by atoms with E-state index in [-0.39, 0.29) is 31.1 Å². The van der Waals surface area contributed by atoms with Gasteiger partial charge in [0.05, 0.1) is 0 Å². The first kappa shape index (κ1) is 75.1. The molecule has 0 spiro atoms. The molecule has 0 heterocycles. The van der Waals surface area contributed by atoms with Crippen LogP contribution in [0.3, 0.4) is 0 Å². The van der Waals surface area contributed by atoms with E-state index in [0.29, 0.717) is 19.3 Å². The van der Waals surface area contributed by atoms with Gasteiger partial charge in [-0.3, -0.25) is 14.4 Å². The monoisotopic (exact) mass is 1090 g/mol. The van der Waals surface area contributed by atoms with E-state index in [0.717, 1.165) is 109 Å². The van der Waals surface area contributed by atoms with Crippen molar-refractivity contribution in [2.75, 3.05) is 13.2 Å². The fraction of sp³-hybridized carbons (Fsp3) is 0.819. The molecule has 0 amide bonds. The first-order valence-electron chi connectivity index (χ1n) is 34.3. The number of carbonyl (C=O) groups excluding carboxylic acids is 3. The summed E-state index contributed by atoms with van der Waals surface area (Å²) < 4.78 is 16.9. The van der Waals surface area contributed by atoms with Crippen molar-refractivity contribution in [2.45, 2.75) is 367 Å². The van der Waals surface area contributed by atoms with Gasteiger partial charge >= 0.3 is 17.9 Å². The van der Waals surface area contributed by atoms with E-state index in [4.69, 9.17) is 14.2 Å². The molecule has 0 radical (unpaired) electrons. The molecule has 0 aromatic heterocycles. The fourth-order valence-electron chi connectivity index (χ4n) is 10.1. The number of allylic oxidation sites excluding steroid dienone is 10. The summed E-state index contributed by atoms with van der Waals surface area (Å²) in [4.78, 5) is 38.3. The third-order valence-corrected chi connectivity index (χ3v) is 15.3. The summed E-state index contributed by atoms with van der Waals surface area (Å²) in [5.41, 5.74) is 0. The van der Waals surface area contributed by atoms with Crippen molar-refractivity contribution in [3.63, 3.8) is 0 Å². The van der Waals surface area contributed by atoms with Crippen LogP contribution in [0.15, 0.2) is 60.8 Å². The highest BCUT2D eigenvalue weighted by Crippen LogP contribution is 2.18. The Morgan fingerprint density at radius 3 is 0.821 bits per heavy atom. The summed E-state index contributed by atoms with van der Waals surface area (Å²) in [7, 11) is 0. The van der Waals surface area contributed by atoms with Gasteiger partial charge < -0.3 is 14.2 Å². The molecule has 0 saturated carbocycles. The minimum absolute atomic E-state index is 0.0867. The Morgan fingerprint density at radius 2 is 0.500 bits per heavy atom. The highest BCUT2D eigenvalue weighted by molar-refractivity contribution is 5.71. The van der Waals surface area contributed by atoms with Gasteiger partial charge in [-0.2, -0.15) is 0 Å². The fourth-order valence-corrected chi connectivity index (χ4v) is 10.1. The van der Waals surface area contributed by atoms with Gasteiger partial charge in [-0.25, -0.2) is 0 Å². The zero-order chi connectivity index (χ0) is 56.4. The SMILES string of the molecule is CC/C=C\C/C=C\C/C=C\CCCCCC(=O)OCC(COC(=O)CCCCCCCCCCCCCCCCCCCCCCCCCCCCCCCCCC)OC(=O)CCCCCCC/C=C\C/C=C\CCCCC. The van der Waals surface area contributed by atoms with Gasteiger partial charge in [0.2, 0.25) is 0 Å². The summed E-state index contributed by atoms with van der Waals surface area (Å²) in [6, 6.07) is 0. The van der Waals surface area contributed by atoms with Crippen molar-refractivity contribution in [2.24, 2.45) is 0 Å². The summed E-state index contributed by atoms with van der Waals surface area (Å²) in [5.74, 6) is -0.915. The van der Waals surface area contributed by atoms with Crippen molar-refractivity contribution >= 4 is 17.9 Å². The van der Waals surface area contributed by atoms with Crippen molar-refractivity contribution in [1.29, 1.82) is 0 Å². The van der Waals surface area contributed by atoms with Crippen LogP contribution in [0.1, 0.15) is 361 Å². The van der Waals surface area contributed by atoms with E-state index in [1.165, 1.54) is 212 Å². The zero-order valence-corrected chi connectivity index (χ0v) is 52.2. The Hall–Kier alpha value is -2.89. The van der Waals surface area contributed by atoms with Gasteiger partial charge in [0.25, 0.3) is 0 Å². The molecular formula is C72H130O6. The highest BCUT2D eigenvalue weighted by atomic mass is 16.6. The van der Waals surface area contributed by atoms with Crippen LogP contribution in [0.4, 0.5) is 0 Å². The van der Waals surface area contributed by atoms with Gasteiger partial charge in [-0.05, 0) is 83.5 Å². The number of rotatable bonds is 63. The van der Waals surface area contributed by atoms with E-state index in [2.05, 4.69) is 81.5 Å². The molecule has 0 aliphatic rings. The molecular weight excluding hydrogens is 961 g/mol. The molecule has 454 valence electrons. The smallest absolute Gasteiger partial charge is 0.306 e. The van der Waals surface area contributed by atoms with Crippen LogP contribution < -0.4 is 0 Å². The molecule has 0 saturated heterocycles. The summed E-state index contributed by atoms with van der Waals surface area (Å²) >= 11 is 0. The lowest BCUT2D eigenvalue weighted by atomic mass is 10.0. The predicted octanol–water partition coefficient (Wildman–Crippen LogP) is 23.5. The first-order chi connectivity index (χ1) is 38.5. The molecule has 0 aliphatic carbocycles. The molecule has 6 nitrogen and oxygen atoms in total. The van der Waals surface area contributed by atoms with E-state index in [1.54, 1.807) is 0 Å². The average molecular weight is 1090 g/mol. The van der Waals surface area contributed by atoms with E-state index in [9.17, 15) is 14.4 Å². The second-order valence-electron chi connectivity index (χ2n) is 23.1. The maximum absolute atomic E-state index is 12.9. The molecule has 0 aliphatic heterocycles. The zero-order valence-electron chi connectivity index (χ0n) is 52.2. The summed E-state index contributed by atoms with van der Waals surface area (Å²) in [5, 5.41) is 0. The standard InChI is InChI=1S/C72H130O6/c1-4-7-10-13-16-19-22-25-27-28-29-30-31-32-33-34-35-36-37-38-39-40-41-42-43-45-47-50-53-56-59-62-65-71(74)77-68-69(67-76-70(73)64-61-58-55-52-49-46-24-21-18-15-12-9-6-3)78-72(75)66-63-60-57-54-51-48-44-26-23-20-17-14-11-8-5-2/h9,12,17-18,20-21,26,44,46,49,69H,4-8,10-11,13-16,19,22-25,27-43,45,47-48,50-68H2,1-3H3/b12-9-,20-17-,21-18-,44-26-,49-46-. The molecule has 1 unspecified atom stereocenters. The van der Waals surface area contributed by atoms with Crippen molar-refractivity contribution in [1.82, 2.24) is 0 Å². The Balaban J connectivity index is 4.12. The number of ether oxygens (including phenoxy) is 3. The van der Waals surface area contributed by atoms with Gasteiger partial charge in [-0.1, -0.05) is 319 Å². The molecule has 0 fully saturated rings. The van der Waals surface area contributed by atoms with Crippen molar-refractivity contribution in [3.05, 3.63) is 60.8 Å². The molecule has 1 atom stereocenters. The predicted molar refractivity (Wildman–Crippen MR) is 339 cm³/mol. The van der Waals surface area contributed by atoms with Crippen molar-refractivity contribution < 1.29 is 28.6 Å². The summed E-state index contributed by atoms with van der Waals surface area (Å²) in [6.07, 6.45) is 85.6. The lowest BCUT2D eigenvalue weighted by molar-refractivity contribution is -0.167. The van der Waals surface area contributed by atoms with Crippen LogP contribution in [-0.2, 0) is 28.6 Å². The Kier molecular flexibility index (Phi) is 64.2. The number of hydrogen-bond acceptors (Lipinski definition) is 6. The highest BCUT2D eigenvalue weighted by Gasteiger charge is 2.19. The Bertz CT molecular complexity index is 1390. The Morgan fingerprint density at radius 1 is 0.269 bits per heavy atom. The van der Waals surface area contributed by atoms with Crippen molar-refractivity contribution in [3.8, 4) is 0 Å². The maximum atomic E-state index is 12.9. The molecule has 0 bridgehead atoms. The van der Waals surface area contributed by atoms with Gasteiger partial charge in [0.1, 0.15) is 13.2 Å². The van der Waals surface area contributed by atoms with Crippen LogP contribution in [0.25, 0.3) is 0 Å². The Labute approximate surface area is 485 Å². The normalized spacial score (nSPS) is 12.4. The van der Waals surface area contributed by atoms with Gasteiger partial charge in [-0.15, -0.1) is 0 Å². The third kappa shape index (κ3) is 63.9. The molecule has 0 aromatic rings. The van der Waals surface area contributed by atoms with Crippen LogP contribution in [0.5, 0.6) is 0 Å². The summed E-state index contributed by atoms with van der Waals surface area (Å²) in [6.45, 7) is 6.51. The number of hydrogen-bond donors (Lipinski definition) is 0. The first-order valence-corrected chi connectivity index (χ1v) is 34.3. The maximum Gasteiger partial charge on any atom is 0.306 e. The lowest BCUT2D eigenvalue weighted by Crippen LogP contribution is -2.30. The minimum Gasteiger partial charge on any atom is -0.462 e. The molecule has 6 heteroatoms. The van der Waals surface area contributed by atoms with E-state index in [1.807, 2.05) is 0 Å². The molecule has 0 N–H and O–H groups in total. The van der Waals surface area contributed by atoms with E-state index >= 15 is 0 Å². The largest absolute Gasteiger partial charge is 0.462 e. The van der Waals surface area contributed by atoms with E-state index < -0.39 is 6.10 Å². The average Bonchev–Trinajstić information content (AvgIpc) is 3.44. The van der Waals surface area contributed by atoms with Crippen LogP contribution in [0, 0.1) is 0 Å². The molecule has 0 rings (SSSR count). The molecule has 78 heavy (non-hydrogen) atoms. The lowest BCUT2D eigenvalue weighted by Gasteiger charge is -2.18. The van der Waals surface area contributed by atoms with Crippen LogP contribution in [0.2, 0.25) is 0 Å². The minimum atomic E-state index is -0.793. The number of unbranched alkanes of at least 4 members (excludes halogenated alkanes) is 42. The van der Waals surface area contributed by atoms with Gasteiger partial charge in [0, 0.05) is 19.3 Å². The topological polar surface area (TPSA) is 78.9 Å². The molecule has 0 aromatic carbocycles. The van der Waals surface area contributed by atoms with Crippen LogP contribution >= 0.6 is 0 Å².